The maximum Gasteiger partial charge on any atom is 0.0998 e. The van der Waals surface area contributed by atoms with Crippen molar-refractivity contribution in [3.63, 3.8) is 0 Å². The first kappa shape index (κ1) is 26.9. The maximum atomic E-state index is 10.6. The zero-order chi connectivity index (χ0) is 31.3. The Kier molecular flexibility index (Phi) is 6.23. The number of hydrogen-bond donors (Lipinski definition) is 0. The van der Waals surface area contributed by atoms with Crippen LogP contribution in [0, 0.1) is 11.3 Å². The van der Waals surface area contributed by atoms with Crippen molar-refractivity contribution >= 4 is 43.4 Å². The molecule has 8 aromatic carbocycles. The van der Waals surface area contributed by atoms with Crippen LogP contribution in [0.3, 0.4) is 0 Å². The Labute approximate surface area is 273 Å². The largest absolute Gasteiger partial charge is 0.309 e. The number of nitriles is 1. The minimum Gasteiger partial charge on any atom is -0.309 e. The van der Waals surface area contributed by atoms with Crippen molar-refractivity contribution in [1.82, 2.24) is 4.57 Å². The second-order valence-corrected chi connectivity index (χ2v) is 12.0. The predicted octanol–water partition coefficient (Wildman–Crippen LogP) is 12.0. The van der Waals surface area contributed by atoms with Gasteiger partial charge >= 0.3 is 0 Å². The van der Waals surface area contributed by atoms with Gasteiger partial charge in [-0.1, -0.05) is 140 Å². The first-order valence-corrected chi connectivity index (χ1v) is 15.9. The molecule has 1 aromatic heterocycles. The van der Waals surface area contributed by atoms with Crippen LogP contribution in [-0.4, -0.2) is 4.57 Å². The van der Waals surface area contributed by atoms with Crippen LogP contribution in [0.5, 0.6) is 0 Å². The molecule has 9 aromatic rings. The Morgan fingerprint density at radius 3 is 1.47 bits per heavy atom. The molecular weight excluding hydrogens is 569 g/mol. The molecule has 0 spiro atoms. The van der Waals surface area contributed by atoms with Gasteiger partial charge in [-0.3, -0.25) is 0 Å². The van der Waals surface area contributed by atoms with Crippen LogP contribution >= 0.6 is 0 Å². The Morgan fingerprint density at radius 1 is 0.383 bits per heavy atom. The fourth-order valence-electron chi connectivity index (χ4n) is 7.39. The number of hydrogen-bond acceptors (Lipinski definition) is 1. The molecule has 9 rings (SSSR count). The van der Waals surface area contributed by atoms with Crippen molar-refractivity contribution in [1.29, 1.82) is 5.26 Å². The van der Waals surface area contributed by atoms with E-state index in [-0.39, 0.29) is 0 Å². The lowest BCUT2D eigenvalue weighted by Crippen LogP contribution is -1.95. The Bertz CT molecular complexity index is 2580. The molecule has 0 saturated carbocycles. The van der Waals surface area contributed by atoms with Crippen LogP contribution in [0.15, 0.2) is 170 Å². The van der Waals surface area contributed by atoms with E-state index in [1.54, 1.807) is 0 Å². The molecule has 0 atom stereocenters. The van der Waals surface area contributed by atoms with Crippen LogP contribution in [0.4, 0.5) is 0 Å². The molecule has 218 valence electrons. The van der Waals surface area contributed by atoms with Gasteiger partial charge in [-0.15, -0.1) is 0 Å². The second kappa shape index (κ2) is 10.9. The van der Waals surface area contributed by atoms with E-state index < -0.39 is 0 Å². The van der Waals surface area contributed by atoms with Gasteiger partial charge in [-0.05, 0) is 79.7 Å². The normalized spacial score (nSPS) is 11.4. The average molecular weight is 597 g/mol. The standard InChI is InChI=1S/C45H28N2/c46-29-33-27-32(31-15-12-16-34(28-31)47-42-23-10-8-17-36(42)37-18-9-11-24-43(37)47)25-26-35(33)45-40-21-6-4-19-38(40)44(30-13-2-1-3-14-30)39-20-5-7-22-41(39)45/h1-28H. The third-order valence-electron chi connectivity index (χ3n) is 9.42. The lowest BCUT2D eigenvalue weighted by Gasteiger charge is -2.18. The van der Waals surface area contributed by atoms with Gasteiger partial charge in [0.25, 0.3) is 0 Å². The van der Waals surface area contributed by atoms with E-state index in [9.17, 15) is 5.26 Å². The molecule has 0 radical (unpaired) electrons. The lowest BCUT2D eigenvalue weighted by atomic mass is 9.84. The molecule has 0 aliphatic heterocycles. The van der Waals surface area contributed by atoms with Gasteiger partial charge in [0.05, 0.1) is 22.7 Å². The first-order valence-electron chi connectivity index (χ1n) is 15.9. The lowest BCUT2D eigenvalue weighted by molar-refractivity contribution is 1.18. The predicted molar refractivity (Wildman–Crippen MR) is 197 cm³/mol. The zero-order valence-corrected chi connectivity index (χ0v) is 25.6. The molecule has 0 unspecified atom stereocenters. The third kappa shape index (κ3) is 4.26. The number of para-hydroxylation sites is 2. The van der Waals surface area contributed by atoms with E-state index in [1.165, 1.54) is 43.7 Å². The summed E-state index contributed by atoms with van der Waals surface area (Å²) in [4.78, 5) is 0. The van der Waals surface area contributed by atoms with Crippen LogP contribution in [0.2, 0.25) is 0 Å². The molecule has 1 heterocycles. The van der Waals surface area contributed by atoms with E-state index in [2.05, 4.69) is 180 Å². The van der Waals surface area contributed by atoms with E-state index in [4.69, 9.17) is 0 Å². The van der Waals surface area contributed by atoms with Gasteiger partial charge in [0, 0.05) is 22.0 Å². The molecule has 2 heteroatoms. The smallest absolute Gasteiger partial charge is 0.0998 e. The van der Waals surface area contributed by atoms with Crippen LogP contribution in [0.25, 0.3) is 82.4 Å². The Hall–Kier alpha value is -6.43. The molecule has 0 saturated heterocycles. The number of aromatic nitrogens is 1. The van der Waals surface area contributed by atoms with Crippen LogP contribution < -0.4 is 0 Å². The molecule has 0 aliphatic rings. The second-order valence-electron chi connectivity index (χ2n) is 12.0. The summed E-state index contributed by atoms with van der Waals surface area (Å²) in [5.41, 5.74) is 10.6. The summed E-state index contributed by atoms with van der Waals surface area (Å²) in [5.74, 6) is 0. The quantitative estimate of drug-likeness (QED) is 0.186. The van der Waals surface area contributed by atoms with Gasteiger partial charge in [0.2, 0.25) is 0 Å². The molecule has 0 N–H and O–H groups in total. The Balaban J connectivity index is 1.23. The Morgan fingerprint density at radius 2 is 0.872 bits per heavy atom. The van der Waals surface area contributed by atoms with Crippen molar-refractivity contribution in [2.75, 3.05) is 0 Å². The van der Waals surface area contributed by atoms with E-state index in [0.717, 1.165) is 38.7 Å². The highest BCUT2D eigenvalue weighted by Crippen LogP contribution is 2.45. The maximum absolute atomic E-state index is 10.6. The van der Waals surface area contributed by atoms with Gasteiger partial charge in [-0.2, -0.15) is 5.26 Å². The minimum absolute atomic E-state index is 0.660. The van der Waals surface area contributed by atoms with Crippen molar-refractivity contribution in [2.24, 2.45) is 0 Å². The molecule has 2 nitrogen and oxygen atoms in total. The van der Waals surface area contributed by atoms with Gasteiger partial charge in [0.15, 0.2) is 0 Å². The monoisotopic (exact) mass is 596 g/mol. The summed E-state index contributed by atoms with van der Waals surface area (Å²) in [6.07, 6.45) is 0. The first-order chi connectivity index (χ1) is 23.3. The zero-order valence-electron chi connectivity index (χ0n) is 25.6. The topological polar surface area (TPSA) is 28.7 Å². The molecule has 47 heavy (non-hydrogen) atoms. The van der Waals surface area contributed by atoms with Crippen molar-refractivity contribution < 1.29 is 0 Å². The summed E-state index contributed by atoms with van der Waals surface area (Å²) >= 11 is 0. The van der Waals surface area contributed by atoms with Crippen LogP contribution in [-0.2, 0) is 0 Å². The van der Waals surface area contributed by atoms with Crippen LogP contribution in [0.1, 0.15) is 5.56 Å². The molecule has 0 bridgehead atoms. The van der Waals surface area contributed by atoms with Crippen molar-refractivity contribution in [3.05, 3.63) is 175 Å². The summed E-state index contributed by atoms with van der Waals surface area (Å²) in [6.45, 7) is 0. The van der Waals surface area contributed by atoms with Crippen molar-refractivity contribution in [2.45, 2.75) is 0 Å². The average Bonchev–Trinajstić information content (AvgIpc) is 3.48. The number of fused-ring (bicyclic) bond motifs is 5. The van der Waals surface area contributed by atoms with Crippen molar-refractivity contribution in [3.8, 4) is 45.1 Å². The molecule has 0 amide bonds. The molecule has 0 aliphatic carbocycles. The van der Waals surface area contributed by atoms with Gasteiger partial charge in [0.1, 0.15) is 0 Å². The highest BCUT2D eigenvalue weighted by Gasteiger charge is 2.19. The highest BCUT2D eigenvalue weighted by molar-refractivity contribution is 6.21. The number of nitrogens with zero attached hydrogens (tertiary/aromatic N) is 2. The van der Waals surface area contributed by atoms with Gasteiger partial charge in [-0.25, -0.2) is 0 Å². The fourth-order valence-corrected chi connectivity index (χ4v) is 7.39. The van der Waals surface area contributed by atoms with Gasteiger partial charge < -0.3 is 4.57 Å². The number of rotatable bonds is 4. The summed E-state index contributed by atoms with van der Waals surface area (Å²) in [5, 5.41) is 17.7. The SMILES string of the molecule is N#Cc1cc(-c2cccc(-n3c4ccccc4c4ccccc43)c2)ccc1-c1c2ccccc2c(-c2ccccc2)c2ccccc12. The number of benzene rings is 8. The van der Waals surface area contributed by atoms with E-state index in [0.29, 0.717) is 5.56 Å². The molecular formula is C45H28N2. The highest BCUT2D eigenvalue weighted by atomic mass is 15.0. The summed E-state index contributed by atoms with van der Waals surface area (Å²) < 4.78 is 2.33. The summed E-state index contributed by atoms with van der Waals surface area (Å²) in [6, 6.07) is 62.5. The minimum atomic E-state index is 0.660. The fraction of sp³-hybridized carbons (Fsp3) is 0. The third-order valence-corrected chi connectivity index (χ3v) is 9.42. The van der Waals surface area contributed by atoms with E-state index >= 15 is 0 Å². The van der Waals surface area contributed by atoms with E-state index in [1.807, 2.05) is 0 Å². The summed E-state index contributed by atoms with van der Waals surface area (Å²) in [7, 11) is 0. The molecule has 0 fully saturated rings.